The lowest BCUT2D eigenvalue weighted by Gasteiger charge is -2.30. The zero-order chi connectivity index (χ0) is 12.5. The molecule has 1 unspecified atom stereocenters. The van der Waals surface area contributed by atoms with Gasteiger partial charge in [-0.25, -0.2) is 0 Å². The first kappa shape index (κ1) is 11.2. The van der Waals surface area contributed by atoms with Gasteiger partial charge in [-0.3, -0.25) is 4.98 Å². The van der Waals surface area contributed by atoms with E-state index in [-0.39, 0.29) is 12.1 Å². The van der Waals surface area contributed by atoms with Crippen LogP contribution in [0.25, 0.3) is 0 Å². The molecule has 3 heteroatoms. The third kappa shape index (κ3) is 1.97. The molecule has 3 rings (SSSR count). The van der Waals surface area contributed by atoms with E-state index in [4.69, 9.17) is 10.5 Å². The van der Waals surface area contributed by atoms with Crippen LogP contribution in [0.5, 0.6) is 5.75 Å². The molecule has 0 fully saturated rings. The molecule has 0 saturated carbocycles. The van der Waals surface area contributed by atoms with Crippen LogP contribution < -0.4 is 10.5 Å². The molecule has 3 nitrogen and oxygen atoms in total. The topological polar surface area (TPSA) is 48.1 Å². The van der Waals surface area contributed by atoms with Crippen LogP contribution >= 0.6 is 0 Å². The first-order valence-electron chi connectivity index (χ1n) is 6.18. The second-order valence-corrected chi connectivity index (χ2v) is 4.72. The normalized spacial score (nSPS) is 22.1. The molecule has 0 aliphatic carbocycles. The van der Waals surface area contributed by atoms with E-state index in [1.54, 1.807) is 0 Å². The van der Waals surface area contributed by atoms with Crippen LogP contribution in [0.15, 0.2) is 42.6 Å². The maximum atomic E-state index is 6.20. The highest BCUT2D eigenvalue weighted by atomic mass is 16.5. The fourth-order valence-corrected chi connectivity index (χ4v) is 2.33. The van der Waals surface area contributed by atoms with Crippen molar-refractivity contribution in [2.24, 2.45) is 5.73 Å². The van der Waals surface area contributed by atoms with Gasteiger partial charge in [0.15, 0.2) is 0 Å². The molecule has 0 amide bonds. The zero-order valence-corrected chi connectivity index (χ0v) is 10.3. The van der Waals surface area contributed by atoms with E-state index in [0.717, 1.165) is 29.0 Å². The number of fused-ring (bicyclic) bond motifs is 1. The highest BCUT2D eigenvalue weighted by molar-refractivity contribution is 5.38. The molecule has 0 bridgehead atoms. The SMILES string of the molecule is Cc1ccc(C2C[C@@H](N)c3ccccc3O2)cn1. The van der Waals surface area contributed by atoms with Crippen LogP contribution in [0.1, 0.15) is 35.4 Å². The van der Waals surface area contributed by atoms with Gasteiger partial charge in [-0.15, -0.1) is 0 Å². The van der Waals surface area contributed by atoms with Gasteiger partial charge in [0, 0.05) is 35.5 Å². The Labute approximate surface area is 107 Å². The molecule has 0 spiro atoms. The lowest BCUT2D eigenvalue weighted by Crippen LogP contribution is -2.24. The molecule has 18 heavy (non-hydrogen) atoms. The van der Waals surface area contributed by atoms with E-state index in [9.17, 15) is 0 Å². The number of aromatic nitrogens is 1. The quantitative estimate of drug-likeness (QED) is 0.833. The standard InChI is InChI=1S/C15H16N2O/c1-10-6-7-11(9-17-10)15-8-13(16)12-4-2-3-5-14(12)18-15/h2-7,9,13,15H,8,16H2,1H3/t13-,15?/m1/s1. The van der Waals surface area contributed by atoms with Crippen molar-refractivity contribution < 1.29 is 4.74 Å². The molecule has 0 saturated heterocycles. The van der Waals surface area contributed by atoms with Gasteiger partial charge in [0.05, 0.1) is 0 Å². The maximum absolute atomic E-state index is 6.20. The lowest BCUT2D eigenvalue weighted by molar-refractivity contribution is 0.161. The summed E-state index contributed by atoms with van der Waals surface area (Å²) in [6.45, 7) is 1.98. The molecule has 2 N–H and O–H groups in total. The van der Waals surface area contributed by atoms with Crippen LogP contribution in [0, 0.1) is 6.92 Å². The van der Waals surface area contributed by atoms with Crippen LogP contribution in [0.4, 0.5) is 0 Å². The highest BCUT2D eigenvalue weighted by Gasteiger charge is 2.26. The number of hydrogen-bond donors (Lipinski definition) is 1. The van der Waals surface area contributed by atoms with Crippen molar-refractivity contribution in [2.75, 3.05) is 0 Å². The summed E-state index contributed by atoms with van der Waals surface area (Å²) in [5.41, 5.74) is 9.40. The van der Waals surface area contributed by atoms with Crippen molar-refractivity contribution in [2.45, 2.75) is 25.5 Å². The monoisotopic (exact) mass is 240 g/mol. The molecule has 92 valence electrons. The molecule has 1 aliphatic rings. The third-order valence-electron chi connectivity index (χ3n) is 3.36. The summed E-state index contributed by atoms with van der Waals surface area (Å²) < 4.78 is 6.01. The van der Waals surface area contributed by atoms with E-state index in [1.807, 2.05) is 43.5 Å². The summed E-state index contributed by atoms with van der Waals surface area (Å²) in [4.78, 5) is 4.31. The maximum Gasteiger partial charge on any atom is 0.127 e. The Morgan fingerprint density at radius 3 is 2.83 bits per heavy atom. The van der Waals surface area contributed by atoms with Crippen LogP contribution in [0.3, 0.4) is 0 Å². The van der Waals surface area contributed by atoms with Gasteiger partial charge in [-0.1, -0.05) is 24.3 Å². The minimum absolute atomic E-state index is 0.00278. The van der Waals surface area contributed by atoms with Crippen LogP contribution in [-0.4, -0.2) is 4.98 Å². The minimum atomic E-state index is 0.00278. The Hall–Kier alpha value is -1.87. The number of ether oxygens (including phenoxy) is 1. The Balaban J connectivity index is 1.92. The number of rotatable bonds is 1. The summed E-state index contributed by atoms with van der Waals surface area (Å²) in [6.07, 6.45) is 2.67. The largest absolute Gasteiger partial charge is 0.485 e. The number of para-hydroxylation sites is 1. The number of nitrogens with two attached hydrogens (primary N) is 1. The van der Waals surface area contributed by atoms with Crippen LogP contribution in [0.2, 0.25) is 0 Å². The fourth-order valence-electron chi connectivity index (χ4n) is 2.33. The molecule has 1 aliphatic heterocycles. The summed E-state index contributed by atoms with van der Waals surface area (Å²) in [6, 6.07) is 12.1. The first-order chi connectivity index (χ1) is 8.74. The summed E-state index contributed by atoms with van der Waals surface area (Å²) >= 11 is 0. The van der Waals surface area contributed by atoms with Gasteiger partial charge >= 0.3 is 0 Å². The summed E-state index contributed by atoms with van der Waals surface area (Å²) in [5.74, 6) is 0.891. The Bertz CT molecular complexity index is 551. The average Bonchev–Trinajstić information content (AvgIpc) is 2.39. The van der Waals surface area contributed by atoms with E-state index in [0.29, 0.717) is 0 Å². The number of benzene rings is 1. The number of hydrogen-bond acceptors (Lipinski definition) is 3. The Morgan fingerprint density at radius 2 is 2.06 bits per heavy atom. The third-order valence-corrected chi connectivity index (χ3v) is 3.36. The van der Waals surface area contributed by atoms with Gasteiger partial charge < -0.3 is 10.5 Å². The lowest BCUT2D eigenvalue weighted by atomic mass is 9.94. The highest BCUT2D eigenvalue weighted by Crippen LogP contribution is 2.39. The van der Waals surface area contributed by atoms with Gasteiger partial charge in [0.1, 0.15) is 11.9 Å². The Morgan fingerprint density at radius 1 is 1.22 bits per heavy atom. The summed E-state index contributed by atoms with van der Waals surface area (Å²) in [5, 5.41) is 0. The molecule has 2 atom stereocenters. The average molecular weight is 240 g/mol. The van der Waals surface area contributed by atoms with E-state index in [2.05, 4.69) is 11.1 Å². The predicted octanol–water partition coefficient (Wildman–Crippen LogP) is 2.91. The number of nitrogens with zero attached hydrogens (tertiary/aromatic N) is 1. The van der Waals surface area contributed by atoms with E-state index >= 15 is 0 Å². The Kier molecular flexibility index (Phi) is 2.76. The molecule has 0 radical (unpaired) electrons. The molecule has 1 aromatic carbocycles. The molecular formula is C15H16N2O. The summed E-state index contributed by atoms with van der Waals surface area (Å²) in [7, 11) is 0. The van der Waals surface area contributed by atoms with E-state index in [1.165, 1.54) is 0 Å². The minimum Gasteiger partial charge on any atom is -0.485 e. The first-order valence-corrected chi connectivity index (χ1v) is 6.18. The van der Waals surface area contributed by atoms with Crippen molar-refractivity contribution >= 4 is 0 Å². The van der Waals surface area contributed by atoms with Crippen molar-refractivity contribution in [1.29, 1.82) is 0 Å². The van der Waals surface area contributed by atoms with Crippen molar-refractivity contribution in [3.63, 3.8) is 0 Å². The second kappa shape index (κ2) is 4.42. The van der Waals surface area contributed by atoms with Crippen molar-refractivity contribution in [3.05, 3.63) is 59.4 Å². The second-order valence-electron chi connectivity index (χ2n) is 4.72. The van der Waals surface area contributed by atoms with Gasteiger partial charge in [-0.2, -0.15) is 0 Å². The van der Waals surface area contributed by atoms with Crippen molar-refractivity contribution in [3.8, 4) is 5.75 Å². The molecule has 2 heterocycles. The van der Waals surface area contributed by atoms with Crippen LogP contribution in [-0.2, 0) is 0 Å². The number of aryl methyl sites for hydroxylation is 1. The molecule has 1 aromatic heterocycles. The fraction of sp³-hybridized carbons (Fsp3) is 0.267. The molecule has 2 aromatic rings. The number of pyridine rings is 1. The van der Waals surface area contributed by atoms with Crippen molar-refractivity contribution in [1.82, 2.24) is 4.98 Å². The van der Waals surface area contributed by atoms with E-state index < -0.39 is 0 Å². The predicted molar refractivity (Wildman–Crippen MR) is 70.3 cm³/mol. The molecular weight excluding hydrogens is 224 g/mol. The van der Waals surface area contributed by atoms with Gasteiger partial charge in [0.25, 0.3) is 0 Å². The van der Waals surface area contributed by atoms with Gasteiger partial charge in [0.2, 0.25) is 0 Å². The smallest absolute Gasteiger partial charge is 0.127 e. The van der Waals surface area contributed by atoms with Gasteiger partial charge in [-0.05, 0) is 19.1 Å². The zero-order valence-electron chi connectivity index (χ0n) is 10.3.